The van der Waals surface area contributed by atoms with E-state index >= 15 is 0 Å². The lowest BCUT2D eigenvalue weighted by Crippen LogP contribution is -2.10. The van der Waals surface area contributed by atoms with Crippen LogP contribution >= 0.6 is 0 Å². The van der Waals surface area contributed by atoms with Crippen LogP contribution < -0.4 is 18.9 Å². The fourth-order valence-corrected chi connectivity index (χ4v) is 2.16. The van der Waals surface area contributed by atoms with Crippen LogP contribution in [0.3, 0.4) is 0 Å². The number of carbonyl (C=O) groups is 3. The van der Waals surface area contributed by atoms with Crippen LogP contribution in [-0.4, -0.2) is 25.5 Å². The Morgan fingerprint density at radius 1 is 1.00 bits per heavy atom. The number of aryl methyl sites for hydroxylation is 1. The van der Waals surface area contributed by atoms with Crippen molar-refractivity contribution in [2.75, 3.05) is 7.11 Å². The fraction of sp³-hybridized carbons (Fsp3) is 0.150. The van der Waals surface area contributed by atoms with Gasteiger partial charge in [-0.2, -0.15) is 0 Å². The number of carbonyl (C=O) groups excluding carboxylic acids is 3. The maximum Gasteiger partial charge on any atom is 0.335 e. The number of methoxy groups -OCH3 is 1. The van der Waals surface area contributed by atoms with E-state index < -0.39 is 11.9 Å². The second kappa shape index (κ2) is 9.76. The molecule has 0 unspecified atom stereocenters. The zero-order chi connectivity index (χ0) is 19.6. The molecule has 0 amide bonds. The van der Waals surface area contributed by atoms with Crippen LogP contribution in [0, 0.1) is 0 Å². The molecule has 2 rings (SSSR count). The van der Waals surface area contributed by atoms with Crippen molar-refractivity contribution in [3.63, 3.8) is 0 Å². The van der Waals surface area contributed by atoms with Gasteiger partial charge < -0.3 is 18.9 Å². The molecule has 0 aliphatic heterocycles. The molecular weight excluding hydrogens is 352 g/mol. The van der Waals surface area contributed by atoms with E-state index in [0.29, 0.717) is 18.6 Å². The standard InChI is InChI=1S/C20H18O7/c1-3-19(22)26-15-7-4-14(5-8-15)6-11-20(23)27-17-10-9-16(25-13-21)12-18(17)24-2/h3-5,7-10,12-13H,1,6,11H2,2H3. The van der Waals surface area contributed by atoms with Gasteiger partial charge in [0.2, 0.25) is 0 Å². The van der Waals surface area contributed by atoms with Crippen LogP contribution in [0.1, 0.15) is 12.0 Å². The van der Waals surface area contributed by atoms with Gasteiger partial charge in [0, 0.05) is 18.6 Å². The first-order chi connectivity index (χ1) is 13.0. The summed E-state index contributed by atoms with van der Waals surface area (Å²) in [5.74, 6) is 0.195. The monoisotopic (exact) mass is 370 g/mol. The molecular formula is C20H18O7. The summed E-state index contributed by atoms with van der Waals surface area (Å²) in [6.07, 6.45) is 1.67. The Kier molecular flexibility index (Phi) is 7.13. The first kappa shape index (κ1) is 19.7. The quantitative estimate of drug-likeness (QED) is 0.290. The number of esters is 2. The molecule has 0 saturated carbocycles. The third-order valence-electron chi connectivity index (χ3n) is 3.47. The summed E-state index contributed by atoms with van der Waals surface area (Å²) in [6.45, 7) is 3.62. The SMILES string of the molecule is C=CC(=O)Oc1ccc(CCC(=O)Oc2ccc(OC=O)cc2OC)cc1. The summed E-state index contributed by atoms with van der Waals surface area (Å²) < 4.78 is 20.1. The summed E-state index contributed by atoms with van der Waals surface area (Å²) in [6, 6.07) is 11.2. The van der Waals surface area contributed by atoms with Crippen molar-refractivity contribution in [3.8, 4) is 23.0 Å². The predicted octanol–water partition coefficient (Wildman–Crippen LogP) is 2.86. The van der Waals surface area contributed by atoms with Gasteiger partial charge in [0.15, 0.2) is 11.5 Å². The van der Waals surface area contributed by atoms with E-state index in [1.807, 2.05) is 0 Å². The van der Waals surface area contributed by atoms with E-state index in [0.717, 1.165) is 11.6 Å². The topological polar surface area (TPSA) is 88.1 Å². The van der Waals surface area contributed by atoms with E-state index in [-0.39, 0.29) is 23.7 Å². The van der Waals surface area contributed by atoms with Crippen molar-refractivity contribution in [1.82, 2.24) is 0 Å². The van der Waals surface area contributed by atoms with Gasteiger partial charge in [-0.25, -0.2) is 4.79 Å². The van der Waals surface area contributed by atoms with Gasteiger partial charge in [-0.05, 0) is 36.2 Å². The van der Waals surface area contributed by atoms with Crippen molar-refractivity contribution >= 4 is 18.4 Å². The molecule has 7 nitrogen and oxygen atoms in total. The zero-order valence-electron chi connectivity index (χ0n) is 14.7. The average molecular weight is 370 g/mol. The highest BCUT2D eigenvalue weighted by Crippen LogP contribution is 2.31. The highest BCUT2D eigenvalue weighted by molar-refractivity contribution is 5.83. The van der Waals surface area contributed by atoms with Crippen LogP contribution in [0.25, 0.3) is 0 Å². The van der Waals surface area contributed by atoms with Crippen molar-refractivity contribution in [2.45, 2.75) is 12.8 Å². The van der Waals surface area contributed by atoms with Crippen molar-refractivity contribution in [2.24, 2.45) is 0 Å². The van der Waals surface area contributed by atoms with Gasteiger partial charge in [0.1, 0.15) is 11.5 Å². The molecule has 0 saturated heterocycles. The van der Waals surface area contributed by atoms with E-state index in [9.17, 15) is 14.4 Å². The molecule has 0 aromatic heterocycles. The van der Waals surface area contributed by atoms with Crippen LogP contribution in [0.4, 0.5) is 0 Å². The summed E-state index contributed by atoms with van der Waals surface area (Å²) in [5, 5.41) is 0. The smallest absolute Gasteiger partial charge is 0.335 e. The van der Waals surface area contributed by atoms with Crippen molar-refractivity contribution in [1.29, 1.82) is 0 Å². The number of hydrogen-bond donors (Lipinski definition) is 0. The number of benzene rings is 2. The minimum absolute atomic E-state index is 0.140. The Morgan fingerprint density at radius 3 is 2.33 bits per heavy atom. The molecule has 0 radical (unpaired) electrons. The molecule has 7 heteroatoms. The molecule has 140 valence electrons. The molecule has 0 aliphatic carbocycles. The lowest BCUT2D eigenvalue weighted by Gasteiger charge is -2.10. The maximum absolute atomic E-state index is 12.1. The van der Waals surface area contributed by atoms with E-state index in [1.165, 1.54) is 25.3 Å². The Labute approximate surface area is 156 Å². The molecule has 2 aromatic carbocycles. The molecule has 0 heterocycles. The zero-order valence-corrected chi connectivity index (χ0v) is 14.7. The van der Waals surface area contributed by atoms with E-state index in [1.54, 1.807) is 24.3 Å². The van der Waals surface area contributed by atoms with Crippen LogP contribution in [-0.2, 0) is 20.8 Å². The predicted molar refractivity (Wildman–Crippen MR) is 95.9 cm³/mol. The van der Waals surface area contributed by atoms with Gasteiger partial charge in [-0.1, -0.05) is 18.7 Å². The largest absolute Gasteiger partial charge is 0.493 e. The molecule has 0 fully saturated rings. The fourth-order valence-electron chi connectivity index (χ4n) is 2.16. The highest BCUT2D eigenvalue weighted by atomic mass is 16.6. The lowest BCUT2D eigenvalue weighted by molar-refractivity contribution is -0.134. The Morgan fingerprint density at radius 2 is 1.70 bits per heavy atom. The minimum atomic E-state index is -0.537. The average Bonchev–Trinajstić information content (AvgIpc) is 2.68. The highest BCUT2D eigenvalue weighted by Gasteiger charge is 2.12. The summed E-state index contributed by atoms with van der Waals surface area (Å²) in [7, 11) is 1.41. The van der Waals surface area contributed by atoms with Crippen molar-refractivity contribution < 1.29 is 33.3 Å². The summed E-state index contributed by atoms with van der Waals surface area (Å²) >= 11 is 0. The van der Waals surface area contributed by atoms with Gasteiger partial charge in [-0.15, -0.1) is 0 Å². The molecule has 0 aliphatic rings. The first-order valence-corrected chi connectivity index (χ1v) is 7.98. The maximum atomic E-state index is 12.1. The van der Waals surface area contributed by atoms with Crippen LogP contribution in [0.5, 0.6) is 23.0 Å². The van der Waals surface area contributed by atoms with Gasteiger partial charge in [0.25, 0.3) is 6.47 Å². The summed E-state index contributed by atoms with van der Waals surface area (Å²) in [5.41, 5.74) is 0.882. The Bertz CT molecular complexity index is 825. The number of rotatable bonds is 9. The van der Waals surface area contributed by atoms with Crippen LogP contribution in [0.15, 0.2) is 55.1 Å². The minimum Gasteiger partial charge on any atom is -0.493 e. The Balaban J connectivity index is 1.91. The molecule has 27 heavy (non-hydrogen) atoms. The molecule has 0 N–H and O–H groups in total. The second-order valence-corrected chi connectivity index (χ2v) is 5.27. The molecule has 2 aromatic rings. The molecule has 0 bridgehead atoms. The van der Waals surface area contributed by atoms with Gasteiger partial charge in [0.05, 0.1) is 7.11 Å². The van der Waals surface area contributed by atoms with E-state index in [2.05, 4.69) is 6.58 Å². The number of ether oxygens (including phenoxy) is 4. The first-order valence-electron chi connectivity index (χ1n) is 7.98. The molecule has 0 atom stereocenters. The van der Waals surface area contributed by atoms with E-state index in [4.69, 9.17) is 18.9 Å². The van der Waals surface area contributed by atoms with Gasteiger partial charge >= 0.3 is 11.9 Å². The van der Waals surface area contributed by atoms with Crippen LogP contribution in [0.2, 0.25) is 0 Å². The Hall–Kier alpha value is -3.61. The second-order valence-electron chi connectivity index (χ2n) is 5.27. The summed E-state index contributed by atoms with van der Waals surface area (Å²) in [4.78, 5) is 33.6. The molecule has 0 spiro atoms. The number of hydrogen-bond acceptors (Lipinski definition) is 7. The van der Waals surface area contributed by atoms with Gasteiger partial charge in [-0.3, -0.25) is 9.59 Å². The lowest BCUT2D eigenvalue weighted by atomic mass is 10.1. The van der Waals surface area contributed by atoms with Crippen molar-refractivity contribution in [3.05, 3.63) is 60.7 Å². The normalized spacial score (nSPS) is 9.81. The third-order valence-corrected chi connectivity index (χ3v) is 3.47. The third kappa shape index (κ3) is 6.00.